The second kappa shape index (κ2) is 7.55. The second-order valence-corrected chi connectivity index (χ2v) is 8.59. The lowest BCUT2D eigenvalue weighted by molar-refractivity contribution is -0.908. The minimum absolute atomic E-state index is 0. The van der Waals surface area contributed by atoms with Crippen molar-refractivity contribution in [1.82, 2.24) is 0 Å². The van der Waals surface area contributed by atoms with Gasteiger partial charge in [0.15, 0.2) is 6.10 Å². The highest BCUT2D eigenvalue weighted by Gasteiger charge is 2.57. The van der Waals surface area contributed by atoms with Gasteiger partial charge >= 0.3 is 5.97 Å². The zero-order chi connectivity index (χ0) is 18.4. The molecule has 2 aliphatic rings. The van der Waals surface area contributed by atoms with Crippen LogP contribution in [0.15, 0.2) is 60.7 Å². The number of benzene rings is 2. The van der Waals surface area contributed by atoms with E-state index in [1.165, 1.54) is 6.42 Å². The molecule has 4 heteroatoms. The number of likely N-dealkylation sites (tertiary alicyclic amines) is 1. The van der Waals surface area contributed by atoms with Gasteiger partial charge in [0.2, 0.25) is 0 Å². The van der Waals surface area contributed by atoms with Crippen LogP contribution >= 0.6 is 0 Å². The van der Waals surface area contributed by atoms with Gasteiger partial charge in [-0.15, -0.1) is 0 Å². The van der Waals surface area contributed by atoms with Crippen LogP contribution in [-0.4, -0.2) is 43.2 Å². The summed E-state index contributed by atoms with van der Waals surface area (Å²) in [6.07, 6.45) is 2.38. The first kappa shape index (κ1) is 20.3. The summed E-state index contributed by atoms with van der Waals surface area (Å²) in [7, 11) is 4.52. The van der Waals surface area contributed by atoms with Gasteiger partial charge in [0.05, 0.1) is 26.6 Å². The third-order valence-corrected chi connectivity index (χ3v) is 6.63. The van der Waals surface area contributed by atoms with Gasteiger partial charge in [-0.3, -0.25) is 4.79 Å². The summed E-state index contributed by atoms with van der Waals surface area (Å²) < 4.78 is 7.22. The molecule has 2 aromatic carbocycles. The van der Waals surface area contributed by atoms with Crippen LogP contribution in [0.3, 0.4) is 0 Å². The summed E-state index contributed by atoms with van der Waals surface area (Å²) in [6.45, 7) is 3.10. The van der Waals surface area contributed by atoms with Crippen LogP contribution in [0.4, 0.5) is 0 Å². The zero-order valence-electron chi connectivity index (χ0n) is 16.3. The number of quaternary nitrogens is 1. The molecule has 3 atom stereocenters. The molecule has 1 aliphatic carbocycles. The molecule has 3 nitrogen and oxygen atoms in total. The first-order valence-electron chi connectivity index (χ1n) is 9.58. The van der Waals surface area contributed by atoms with Crippen LogP contribution in [0, 0.1) is 5.92 Å². The van der Waals surface area contributed by atoms with Crippen LogP contribution in [0.1, 0.15) is 30.9 Å². The van der Waals surface area contributed by atoms with E-state index in [9.17, 15) is 4.79 Å². The molecule has 0 aromatic heterocycles. The van der Waals surface area contributed by atoms with Crippen molar-refractivity contribution in [3.63, 3.8) is 0 Å². The van der Waals surface area contributed by atoms with E-state index in [-0.39, 0.29) is 36.0 Å². The fourth-order valence-electron chi connectivity index (χ4n) is 5.07. The third-order valence-electron chi connectivity index (χ3n) is 6.63. The summed E-state index contributed by atoms with van der Waals surface area (Å²) in [5, 5.41) is 0. The molecule has 1 saturated heterocycles. The van der Waals surface area contributed by atoms with E-state index < -0.39 is 5.41 Å². The van der Waals surface area contributed by atoms with Gasteiger partial charge in [-0.25, -0.2) is 0 Å². The van der Waals surface area contributed by atoms with E-state index in [1.807, 2.05) is 67.6 Å². The lowest BCUT2D eigenvalue weighted by Crippen LogP contribution is -3.00. The number of hydrogen-bond donors (Lipinski definition) is 0. The smallest absolute Gasteiger partial charge is 0.321 e. The first-order chi connectivity index (χ1) is 12.4. The van der Waals surface area contributed by atoms with Gasteiger partial charge in [0.25, 0.3) is 0 Å². The molecule has 2 fully saturated rings. The lowest BCUT2D eigenvalue weighted by Gasteiger charge is -2.34. The monoisotopic (exact) mass is 477 g/mol. The number of rotatable bonds is 4. The fourth-order valence-corrected chi connectivity index (χ4v) is 5.07. The SMILES string of the molecule is CC(C(=O)OC1C2CC[C@H]1[N+](C)(C)C2)(c1ccccc1)c1ccccc1.[I-]. The quantitative estimate of drug-likeness (QED) is 0.370. The summed E-state index contributed by atoms with van der Waals surface area (Å²) in [4.78, 5) is 13.5. The van der Waals surface area contributed by atoms with E-state index in [1.54, 1.807) is 0 Å². The highest BCUT2D eigenvalue weighted by atomic mass is 127. The Morgan fingerprint density at radius 3 is 1.89 bits per heavy atom. The van der Waals surface area contributed by atoms with Crippen LogP contribution in [-0.2, 0) is 14.9 Å². The number of fused-ring (bicyclic) bond motifs is 2. The Labute approximate surface area is 179 Å². The molecule has 1 saturated carbocycles. The molecule has 2 aromatic rings. The summed E-state index contributed by atoms with van der Waals surface area (Å²) in [5.74, 6) is 0.369. The highest BCUT2D eigenvalue weighted by molar-refractivity contribution is 5.87. The molecule has 0 amide bonds. The number of hydrogen-bond acceptors (Lipinski definition) is 2. The molecule has 2 unspecified atom stereocenters. The van der Waals surface area contributed by atoms with Crippen molar-refractivity contribution < 1.29 is 38.0 Å². The Balaban J connectivity index is 0.00000210. The van der Waals surface area contributed by atoms with E-state index in [2.05, 4.69) is 14.1 Å². The first-order valence-corrected chi connectivity index (χ1v) is 9.58. The summed E-state index contributed by atoms with van der Waals surface area (Å²) in [6, 6.07) is 20.5. The number of piperidine rings is 1. The molecule has 0 spiro atoms. The molecule has 1 aliphatic heterocycles. The molecular weight excluding hydrogens is 449 g/mol. The van der Waals surface area contributed by atoms with Crippen molar-refractivity contribution in [3.05, 3.63) is 71.8 Å². The maximum atomic E-state index is 13.5. The zero-order valence-corrected chi connectivity index (χ0v) is 18.4. The van der Waals surface area contributed by atoms with E-state index in [0.29, 0.717) is 12.0 Å². The normalized spacial score (nSPS) is 25.7. The topological polar surface area (TPSA) is 26.3 Å². The molecule has 0 radical (unpaired) electrons. The summed E-state index contributed by atoms with van der Waals surface area (Å²) >= 11 is 0. The molecule has 1 heterocycles. The Kier molecular flexibility index (Phi) is 5.69. The Bertz CT molecular complexity index is 751. The van der Waals surface area contributed by atoms with Gasteiger partial charge in [-0.1, -0.05) is 60.7 Å². The number of carbonyl (C=O) groups is 1. The maximum absolute atomic E-state index is 13.5. The number of carbonyl (C=O) groups excluding carboxylic acids is 1. The van der Waals surface area contributed by atoms with Gasteiger partial charge in [-0.05, 0) is 24.5 Å². The van der Waals surface area contributed by atoms with Crippen molar-refractivity contribution >= 4 is 5.97 Å². The standard InChI is InChI=1S/C23H28NO2.HI/c1-23(18-10-6-4-7-11-18,19-12-8-5-9-13-19)22(25)26-21-17-14-15-20(21)24(2,3)16-17;/h4-13,17,20-21H,14-16H2,1-3H3;1H/q+1;/p-1/t17?,20-,21?;/m1./s1. The largest absolute Gasteiger partial charge is 1.00 e. The number of esters is 1. The predicted octanol–water partition coefficient (Wildman–Crippen LogP) is 0.777. The average Bonchev–Trinajstić information content (AvgIpc) is 3.15. The maximum Gasteiger partial charge on any atom is 0.321 e. The lowest BCUT2D eigenvalue weighted by atomic mass is 9.76. The van der Waals surface area contributed by atoms with Crippen molar-refractivity contribution in [3.8, 4) is 0 Å². The van der Waals surface area contributed by atoms with Gasteiger partial charge in [0, 0.05) is 6.42 Å². The Morgan fingerprint density at radius 1 is 0.963 bits per heavy atom. The molecular formula is C23H28INO2. The molecule has 27 heavy (non-hydrogen) atoms. The number of halogens is 1. The predicted molar refractivity (Wildman–Crippen MR) is 103 cm³/mol. The van der Waals surface area contributed by atoms with Gasteiger partial charge < -0.3 is 33.2 Å². The van der Waals surface area contributed by atoms with Gasteiger partial charge in [0.1, 0.15) is 11.5 Å². The third kappa shape index (κ3) is 3.42. The Morgan fingerprint density at radius 2 is 1.48 bits per heavy atom. The average molecular weight is 477 g/mol. The van der Waals surface area contributed by atoms with E-state index >= 15 is 0 Å². The van der Waals surface area contributed by atoms with Crippen molar-refractivity contribution in [2.24, 2.45) is 5.92 Å². The molecule has 2 bridgehead atoms. The van der Waals surface area contributed by atoms with Crippen molar-refractivity contribution in [2.45, 2.75) is 37.3 Å². The second-order valence-electron chi connectivity index (χ2n) is 8.59. The molecule has 0 N–H and O–H groups in total. The summed E-state index contributed by atoms with van der Waals surface area (Å²) in [5.41, 5.74) is 1.17. The number of likely N-dealkylation sites (N-methyl/N-ethyl adjacent to an activating group) is 1. The van der Waals surface area contributed by atoms with Crippen LogP contribution in [0.2, 0.25) is 0 Å². The van der Waals surface area contributed by atoms with Crippen LogP contribution < -0.4 is 24.0 Å². The molecule has 144 valence electrons. The fraction of sp³-hybridized carbons (Fsp3) is 0.435. The Hall–Kier alpha value is -1.40. The van der Waals surface area contributed by atoms with Crippen LogP contribution in [0.5, 0.6) is 0 Å². The minimum atomic E-state index is -0.790. The van der Waals surface area contributed by atoms with Crippen LogP contribution in [0.25, 0.3) is 0 Å². The minimum Gasteiger partial charge on any atom is -1.00 e. The van der Waals surface area contributed by atoms with E-state index in [0.717, 1.165) is 28.6 Å². The molecule has 4 rings (SSSR count). The number of ether oxygens (including phenoxy) is 1. The van der Waals surface area contributed by atoms with Gasteiger partial charge in [-0.2, -0.15) is 0 Å². The van der Waals surface area contributed by atoms with Crippen molar-refractivity contribution in [1.29, 1.82) is 0 Å². The highest BCUT2D eigenvalue weighted by Crippen LogP contribution is 2.44. The van der Waals surface area contributed by atoms with Crippen molar-refractivity contribution in [2.75, 3.05) is 20.6 Å². The number of nitrogens with zero attached hydrogens (tertiary/aromatic N) is 1. The van der Waals surface area contributed by atoms with E-state index in [4.69, 9.17) is 4.74 Å².